The molecule has 0 bridgehead atoms. The summed E-state index contributed by atoms with van der Waals surface area (Å²) in [5, 5.41) is 7.34. The number of nitrogens with zero attached hydrogens (tertiary/aromatic N) is 3. The summed E-state index contributed by atoms with van der Waals surface area (Å²) in [5.41, 5.74) is 0.732. The van der Waals surface area contributed by atoms with Crippen LogP contribution in [-0.2, 0) is 24.3 Å². The average Bonchev–Trinajstić information content (AvgIpc) is 2.83. The van der Waals surface area contributed by atoms with Gasteiger partial charge >= 0.3 is 5.69 Å². The number of benzene rings is 1. The first-order valence-corrected chi connectivity index (χ1v) is 9.82. The predicted molar refractivity (Wildman–Crippen MR) is 101 cm³/mol. The van der Waals surface area contributed by atoms with Crippen molar-refractivity contribution >= 4 is 5.91 Å². The van der Waals surface area contributed by atoms with Gasteiger partial charge in [-0.15, -0.1) is 0 Å². The molecule has 2 aromatic rings. The van der Waals surface area contributed by atoms with Crippen LogP contribution >= 0.6 is 0 Å². The van der Waals surface area contributed by atoms with Crippen LogP contribution < -0.4 is 15.7 Å². The molecule has 1 unspecified atom stereocenters. The van der Waals surface area contributed by atoms with Crippen molar-refractivity contribution in [1.29, 1.82) is 0 Å². The van der Waals surface area contributed by atoms with E-state index in [0.29, 0.717) is 38.2 Å². The lowest BCUT2D eigenvalue weighted by atomic mass is 9.80. The normalized spacial score (nSPS) is 21.0. The number of rotatable bonds is 5. The number of aromatic nitrogens is 3. The Hall–Kier alpha value is -2.71. The van der Waals surface area contributed by atoms with E-state index in [2.05, 4.69) is 10.4 Å². The zero-order valence-corrected chi connectivity index (χ0v) is 16.2. The molecule has 1 amide bonds. The maximum atomic E-state index is 13.0. The zero-order chi connectivity index (χ0) is 20.6. The van der Waals surface area contributed by atoms with Gasteiger partial charge in [0.15, 0.2) is 0 Å². The molecule has 1 fully saturated rings. The fourth-order valence-electron chi connectivity index (χ4n) is 3.98. The first kappa shape index (κ1) is 19.6. The van der Waals surface area contributed by atoms with Gasteiger partial charge in [0.2, 0.25) is 11.8 Å². The number of carbonyl (C=O) groups excluding carboxylic acids is 1. The highest BCUT2D eigenvalue weighted by Gasteiger charge is 2.48. The molecule has 0 saturated heterocycles. The molecule has 0 spiro atoms. The molecule has 7 nitrogen and oxygen atoms in total. The average molecular weight is 406 g/mol. The molecule has 2 aliphatic rings. The Labute approximate surface area is 166 Å². The fraction of sp³-hybridized carbons (Fsp3) is 0.550. The number of nitrogens with one attached hydrogen (secondary N) is 1. The van der Waals surface area contributed by atoms with E-state index in [1.54, 1.807) is 11.7 Å². The number of hydrogen-bond acceptors (Lipinski definition) is 4. The van der Waals surface area contributed by atoms with Gasteiger partial charge in [0.1, 0.15) is 11.6 Å². The highest BCUT2D eigenvalue weighted by Crippen LogP contribution is 2.42. The van der Waals surface area contributed by atoms with Crippen LogP contribution in [0, 0.1) is 5.92 Å². The van der Waals surface area contributed by atoms with Gasteiger partial charge in [-0.25, -0.2) is 18.3 Å². The summed E-state index contributed by atoms with van der Waals surface area (Å²) < 4.78 is 34.3. The molecule has 4 rings (SSSR count). The van der Waals surface area contributed by atoms with Crippen molar-refractivity contribution in [3.8, 4) is 5.75 Å². The minimum absolute atomic E-state index is 0.135. The van der Waals surface area contributed by atoms with E-state index in [4.69, 9.17) is 4.74 Å². The molecule has 1 aromatic heterocycles. The molecule has 1 atom stereocenters. The van der Waals surface area contributed by atoms with Gasteiger partial charge in [-0.05, 0) is 30.5 Å². The lowest BCUT2D eigenvalue weighted by Gasteiger charge is -2.34. The molecule has 1 saturated carbocycles. The minimum atomic E-state index is -2.71. The number of ether oxygens (including phenoxy) is 1. The Morgan fingerprint density at radius 3 is 2.86 bits per heavy atom. The van der Waals surface area contributed by atoms with Crippen LogP contribution in [0.3, 0.4) is 0 Å². The van der Waals surface area contributed by atoms with E-state index >= 15 is 0 Å². The Bertz CT molecular complexity index is 961. The number of fused-ring (bicyclic) bond motifs is 1. The number of halogens is 2. The fourth-order valence-corrected chi connectivity index (χ4v) is 3.98. The van der Waals surface area contributed by atoms with Gasteiger partial charge in [0.25, 0.3) is 0 Å². The third-order valence-corrected chi connectivity index (χ3v) is 5.69. The molecule has 156 valence electrons. The molecule has 1 aliphatic carbocycles. The Balaban J connectivity index is 1.39. The van der Waals surface area contributed by atoms with Crippen LogP contribution in [0.2, 0.25) is 0 Å². The summed E-state index contributed by atoms with van der Waals surface area (Å²) in [4.78, 5) is 24.9. The summed E-state index contributed by atoms with van der Waals surface area (Å²) in [7, 11) is 1.59. The van der Waals surface area contributed by atoms with Crippen molar-refractivity contribution in [3.63, 3.8) is 0 Å². The summed E-state index contributed by atoms with van der Waals surface area (Å²) in [6.07, 6.45) is 1.01. The van der Waals surface area contributed by atoms with E-state index in [1.807, 2.05) is 24.3 Å². The molecule has 0 radical (unpaired) electrons. The van der Waals surface area contributed by atoms with Gasteiger partial charge < -0.3 is 10.1 Å². The van der Waals surface area contributed by atoms with Crippen LogP contribution in [-0.4, -0.2) is 39.3 Å². The zero-order valence-electron chi connectivity index (χ0n) is 16.2. The standard InChI is InChI=1S/C20H24F2N4O3/c1-29-16-4-2-3-13(9-16)12-26-19(28)25-8-7-15(5-6-17(25)24-26)23-18(27)14-10-20(21,22)11-14/h2-4,9,14-15H,5-8,10-12H2,1H3,(H,23,27). The number of hydrogen-bond donors (Lipinski definition) is 1. The van der Waals surface area contributed by atoms with Crippen LogP contribution in [0.25, 0.3) is 0 Å². The molecule has 29 heavy (non-hydrogen) atoms. The summed E-state index contributed by atoms with van der Waals surface area (Å²) in [6, 6.07) is 7.35. The molecule has 2 heterocycles. The van der Waals surface area contributed by atoms with Crippen molar-refractivity contribution in [1.82, 2.24) is 19.7 Å². The van der Waals surface area contributed by atoms with E-state index in [0.717, 1.165) is 11.3 Å². The molecule has 1 N–H and O–H groups in total. The second-order valence-electron chi connectivity index (χ2n) is 7.85. The largest absolute Gasteiger partial charge is 0.497 e. The van der Waals surface area contributed by atoms with Crippen molar-refractivity contribution < 1.29 is 18.3 Å². The van der Waals surface area contributed by atoms with E-state index in [1.165, 1.54) is 4.68 Å². The van der Waals surface area contributed by atoms with Gasteiger partial charge in [-0.2, -0.15) is 5.10 Å². The number of carbonyl (C=O) groups is 1. The van der Waals surface area contributed by atoms with Crippen molar-refractivity contribution in [2.75, 3.05) is 7.11 Å². The van der Waals surface area contributed by atoms with Crippen molar-refractivity contribution in [3.05, 3.63) is 46.1 Å². The molecule has 1 aromatic carbocycles. The number of aryl methyl sites for hydroxylation is 1. The number of amides is 1. The maximum Gasteiger partial charge on any atom is 0.346 e. The lowest BCUT2D eigenvalue weighted by Crippen LogP contribution is -2.48. The third kappa shape index (κ3) is 4.18. The van der Waals surface area contributed by atoms with Gasteiger partial charge in [0, 0.05) is 37.8 Å². The number of methoxy groups -OCH3 is 1. The Kier molecular flexibility index (Phi) is 5.14. The van der Waals surface area contributed by atoms with Gasteiger partial charge in [-0.3, -0.25) is 9.36 Å². The van der Waals surface area contributed by atoms with Crippen LogP contribution in [0.4, 0.5) is 8.78 Å². The third-order valence-electron chi connectivity index (χ3n) is 5.69. The maximum absolute atomic E-state index is 13.0. The van der Waals surface area contributed by atoms with Crippen molar-refractivity contribution in [2.24, 2.45) is 5.92 Å². The lowest BCUT2D eigenvalue weighted by molar-refractivity contribution is -0.150. The highest BCUT2D eigenvalue weighted by atomic mass is 19.3. The molecular formula is C20H24F2N4O3. The minimum Gasteiger partial charge on any atom is -0.497 e. The first-order chi connectivity index (χ1) is 13.8. The van der Waals surface area contributed by atoms with E-state index in [9.17, 15) is 18.4 Å². The van der Waals surface area contributed by atoms with Gasteiger partial charge in [0.05, 0.1) is 13.7 Å². The second-order valence-corrected chi connectivity index (χ2v) is 7.85. The summed E-state index contributed by atoms with van der Waals surface area (Å²) in [5.74, 6) is -2.22. The monoisotopic (exact) mass is 406 g/mol. The number of alkyl halides is 2. The van der Waals surface area contributed by atoms with Crippen LogP contribution in [0.1, 0.15) is 37.1 Å². The highest BCUT2D eigenvalue weighted by molar-refractivity contribution is 5.80. The smallest absolute Gasteiger partial charge is 0.346 e. The van der Waals surface area contributed by atoms with E-state index in [-0.39, 0.29) is 30.5 Å². The topological polar surface area (TPSA) is 78.2 Å². The molecule has 1 aliphatic heterocycles. The Morgan fingerprint density at radius 1 is 1.34 bits per heavy atom. The van der Waals surface area contributed by atoms with E-state index < -0.39 is 11.8 Å². The van der Waals surface area contributed by atoms with Gasteiger partial charge in [-0.1, -0.05) is 12.1 Å². The van der Waals surface area contributed by atoms with Crippen LogP contribution in [0.5, 0.6) is 5.75 Å². The van der Waals surface area contributed by atoms with Crippen LogP contribution in [0.15, 0.2) is 29.1 Å². The summed E-state index contributed by atoms with van der Waals surface area (Å²) >= 11 is 0. The SMILES string of the molecule is COc1cccc(Cn2nc3n(c2=O)CCC(NC(=O)C2CC(F)(F)C2)CC3)c1. The molecular weight excluding hydrogens is 382 g/mol. The Morgan fingerprint density at radius 2 is 2.14 bits per heavy atom. The quantitative estimate of drug-likeness (QED) is 0.824. The predicted octanol–water partition coefficient (Wildman–Crippen LogP) is 1.97. The summed E-state index contributed by atoms with van der Waals surface area (Å²) in [6.45, 7) is 0.796. The first-order valence-electron chi connectivity index (χ1n) is 9.82. The molecule has 9 heteroatoms. The second kappa shape index (κ2) is 7.61. The van der Waals surface area contributed by atoms with Crippen molar-refractivity contribution in [2.45, 2.75) is 57.2 Å².